The van der Waals surface area contributed by atoms with Gasteiger partial charge in [0, 0.05) is 30.9 Å². The van der Waals surface area contributed by atoms with Crippen molar-refractivity contribution in [3.8, 4) is 0 Å². The summed E-state index contributed by atoms with van der Waals surface area (Å²) >= 11 is 0. The number of aromatic nitrogens is 2. The molecule has 0 saturated carbocycles. The topological polar surface area (TPSA) is 50.5 Å². The van der Waals surface area contributed by atoms with Crippen LogP contribution in [-0.2, 0) is 18.4 Å². The molecule has 25 heavy (non-hydrogen) atoms. The SMILES string of the molecule is Cc1nn(C)c(C)c1[C@@H]1CCCN1C[C@H](O)COCc1ccccc1. The average molecular weight is 343 g/mol. The first-order valence-corrected chi connectivity index (χ1v) is 9.10. The first-order chi connectivity index (χ1) is 12.1. The summed E-state index contributed by atoms with van der Waals surface area (Å²) in [5, 5.41) is 15.0. The second-order valence-corrected chi connectivity index (χ2v) is 7.02. The van der Waals surface area contributed by atoms with Gasteiger partial charge in [0.15, 0.2) is 0 Å². The molecule has 1 aliphatic heterocycles. The minimum atomic E-state index is -0.471. The van der Waals surface area contributed by atoms with E-state index >= 15 is 0 Å². The molecule has 1 fully saturated rings. The van der Waals surface area contributed by atoms with Gasteiger partial charge in [0.25, 0.3) is 0 Å². The number of hydrogen-bond donors (Lipinski definition) is 1. The molecule has 0 amide bonds. The maximum Gasteiger partial charge on any atom is 0.0900 e. The lowest BCUT2D eigenvalue weighted by atomic mass is 10.0. The van der Waals surface area contributed by atoms with Crippen LogP contribution in [0.25, 0.3) is 0 Å². The van der Waals surface area contributed by atoms with Crippen LogP contribution in [0.3, 0.4) is 0 Å². The molecule has 2 aromatic rings. The summed E-state index contributed by atoms with van der Waals surface area (Å²) in [6.45, 7) is 6.79. The Morgan fingerprint density at radius 3 is 2.72 bits per heavy atom. The predicted molar refractivity (Wildman–Crippen MR) is 98.3 cm³/mol. The number of benzene rings is 1. The van der Waals surface area contributed by atoms with Crippen molar-refractivity contribution in [1.82, 2.24) is 14.7 Å². The summed E-state index contributed by atoms with van der Waals surface area (Å²) in [4.78, 5) is 2.38. The van der Waals surface area contributed by atoms with Gasteiger partial charge in [0.05, 0.1) is 25.0 Å². The number of nitrogens with zero attached hydrogens (tertiary/aromatic N) is 3. The van der Waals surface area contributed by atoms with Crippen molar-refractivity contribution in [3.63, 3.8) is 0 Å². The van der Waals surface area contributed by atoms with Crippen LogP contribution < -0.4 is 0 Å². The molecule has 0 radical (unpaired) electrons. The van der Waals surface area contributed by atoms with Gasteiger partial charge in [-0.15, -0.1) is 0 Å². The summed E-state index contributed by atoms with van der Waals surface area (Å²) in [6, 6.07) is 10.4. The van der Waals surface area contributed by atoms with E-state index in [2.05, 4.69) is 23.8 Å². The molecule has 0 bridgehead atoms. The first kappa shape index (κ1) is 18.1. The monoisotopic (exact) mass is 343 g/mol. The molecule has 136 valence electrons. The number of aliphatic hydroxyl groups is 1. The van der Waals surface area contributed by atoms with Crippen molar-refractivity contribution in [2.24, 2.45) is 7.05 Å². The minimum absolute atomic E-state index is 0.359. The summed E-state index contributed by atoms with van der Waals surface area (Å²) < 4.78 is 7.65. The van der Waals surface area contributed by atoms with Crippen LogP contribution in [0.2, 0.25) is 0 Å². The molecule has 1 aromatic heterocycles. The van der Waals surface area contributed by atoms with Gasteiger partial charge >= 0.3 is 0 Å². The molecule has 5 nitrogen and oxygen atoms in total. The Labute approximate surface area is 150 Å². The number of aryl methyl sites for hydroxylation is 2. The lowest BCUT2D eigenvalue weighted by Gasteiger charge is -2.27. The van der Waals surface area contributed by atoms with Crippen LogP contribution in [0.15, 0.2) is 30.3 Å². The van der Waals surface area contributed by atoms with Crippen molar-refractivity contribution in [2.45, 2.75) is 45.4 Å². The molecule has 1 saturated heterocycles. The molecule has 3 rings (SSSR count). The highest BCUT2D eigenvalue weighted by Crippen LogP contribution is 2.35. The van der Waals surface area contributed by atoms with Crippen molar-refractivity contribution in [2.75, 3.05) is 19.7 Å². The maximum absolute atomic E-state index is 10.4. The van der Waals surface area contributed by atoms with E-state index in [4.69, 9.17) is 4.74 Å². The third-order valence-corrected chi connectivity index (χ3v) is 5.13. The third kappa shape index (κ3) is 4.29. The Kier molecular flexibility index (Phi) is 5.89. The summed E-state index contributed by atoms with van der Waals surface area (Å²) in [6.07, 6.45) is 1.82. The van der Waals surface area contributed by atoms with E-state index in [0.29, 0.717) is 25.8 Å². The van der Waals surface area contributed by atoms with Gasteiger partial charge in [0.2, 0.25) is 0 Å². The van der Waals surface area contributed by atoms with Crippen molar-refractivity contribution in [1.29, 1.82) is 0 Å². The molecule has 1 aromatic carbocycles. The Morgan fingerprint density at radius 2 is 2.04 bits per heavy atom. The van der Waals surface area contributed by atoms with E-state index in [1.54, 1.807) is 0 Å². The smallest absolute Gasteiger partial charge is 0.0900 e. The molecule has 2 atom stereocenters. The quantitative estimate of drug-likeness (QED) is 0.840. The fraction of sp³-hybridized carbons (Fsp3) is 0.550. The number of β-amino-alcohol motifs (C(OH)–C–C–N with tert-alkyl or cyclic N) is 1. The maximum atomic E-state index is 10.4. The zero-order valence-corrected chi connectivity index (χ0v) is 15.5. The Morgan fingerprint density at radius 1 is 1.28 bits per heavy atom. The highest BCUT2D eigenvalue weighted by Gasteiger charge is 2.31. The normalized spacial score (nSPS) is 19.4. The first-order valence-electron chi connectivity index (χ1n) is 9.10. The summed E-state index contributed by atoms with van der Waals surface area (Å²) in [5.74, 6) is 0. The van der Waals surface area contributed by atoms with Crippen LogP contribution in [0.4, 0.5) is 0 Å². The standard InChI is InChI=1S/C20H29N3O2/c1-15-20(16(2)22(3)21-15)19-10-7-11-23(19)12-18(24)14-25-13-17-8-5-4-6-9-17/h4-6,8-9,18-19,24H,7,10-14H2,1-3H3/t18-,19-/m0/s1. The average Bonchev–Trinajstić information content (AvgIpc) is 3.13. The van der Waals surface area contributed by atoms with Gasteiger partial charge < -0.3 is 9.84 Å². The molecular formula is C20H29N3O2. The molecule has 0 spiro atoms. The fourth-order valence-electron chi connectivity index (χ4n) is 3.85. The highest BCUT2D eigenvalue weighted by atomic mass is 16.5. The van der Waals surface area contributed by atoms with E-state index < -0.39 is 6.10 Å². The van der Waals surface area contributed by atoms with Crippen LogP contribution >= 0.6 is 0 Å². The number of likely N-dealkylation sites (tertiary alicyclic amines) is 1. The minimum Gasteiger partial charge on any atom is -0.389 e. The molecule has 1 N–H and O–H groups in total. The lowest BCUT2D eigenvalue weighted by Crippen LogP contribution is -2.35. The summed E-state index contributed by atoms with van der Waals surface area (Å²) in [7, 11) is 2.00. The van der Waals surface area contributed by atoms with Crippen molar-refractivity contribution in [3.05, 3.63) is 52.8 Å². The Hall–Kier alpha value is -1.69. The number of hydrogen-bond acceptors (Lipinski definition) is 4. The van der Waals surface area contributed by atoms with E-state index in [-0.39, 0.29) is 0 Å². The Balaban J connectivity index is 1.54. The highest BCUT2D eigenvalue weighted by molar-refractivity contribution is 5.29. The molecular weight excluding hydrogens is 314 g/mol. The van der Waals surface area contributed by atoms with Crippen LogP contribution in [-0.4, -0.2) is 45.6 Å². The van der Waals surface area contributed by atoms with Gasteiger partial charge in [-0.1, -0.05) is 30.3 Å². The lowest BCUT2D eigenvalue weighted by molar-refractivity contribution is 0.00764. The molecule has 0 unspecified atom stereocenters. The van der Waals surface area contributed by atoms with Gasteiger partial charge in [-0.25, -0.2) is 0 Å². The van der Waals surface area contributed by atoms with E-state index in [9.17, 15) is 5.11 Å². The Bertz CT molecular complexity index is 684. The molecule has 1 aliphatic rings. The molecule has 5 heteroatoms. The molecule has 0 aliphatic carbocycles. The van der Waals surface area contributed by atoms with E-state index in [1.165, 1.54) is 11.3 Å². The van der Waals surface area contributed by atoms with Crippen LogP contribution in [0.5, 0.6) is 0 Å². The zero-order valence-electron chi connectivity index (χ0n) is 15.5. The van der Waals surface area contributed by atoms with Crippen LogP contribution in [0.1, 0.15) is 41.4 Å². The second-order valence-electron chi connectivity index (χ2n) is 7.02. The largest absolute Gasteiger partial charge is 0.389 e. The number of rotatable bonds is 7. The van der Waals surface area contributed by atoms with E-state index in [0.717, 1.165) is 30.6 Å². The number of aliphatic hydroxyl groups excluding tert-OH is 1. The second kappa shape index (κ2) is 8.13. The number of ether oxygens (including phenoxy) is 1. The van der Waals surface area contributed by atoms with Gasteiger partial charge in [-0.2, -0.15) is 5.10 Å². The van der Waals surface area contributed by atoms with Gasteiger partial charge in [-0.05, 0) is 38.8 Å². The fourth-order valence-corrected chi connectivity index (χ4v) is 3.85. The van der Waals surface area contributed by atoms with E-state index in [1.807, 2.05) is 42.1 Å². The van der Waals surface area contributed by atoms with Gasteiger partial charge in [-0.3, -0.25) is 9.58 Å². The van der Waals surface area contributed by atoms with Gasteiger partial charge in [0.1, 0.15) is 0 Å². The summed E-state index contributed by atoms with van der Waals surface area (Å²) in [5.41, 5.74) is 4.80. The van der Waals surface area contributed by atoms with Crippen molar-refractivity contribution < 1.29 is 9.84 Å². The third-order valence-electron chi connectivity index (χ3n) is 5.13. The zero-order chi connectivity index (χ0) is 17.8. The predicted octanol–water partition coefficient (Wildman–Crippen LogP) is 2.75. The molecule has 2 heterocycles. The van der Waals surface area contributed by atoms with Crippen LogP contribution in [0, 0.1) is 13.8 Å². The van der Waals surface area contributed by atoms with Crippen molar-refractivity contribution >= 4 is 0 Å².